The molecule has 4 heteroatoms. The minimum absolute atomic E-state index is 0.255. The molecular formula is C13H22N2O2. The average Bonchev–Trinajstić information content (AvgIpc) is 3.19. The monoisotopic (exact) mass is 238 g/mol. The summed E-state index contributed by atoms with van der Waals surface area (Å²) in [5.41, 5.74) is 0. The highest BCUT2D eigenvalue weighted by Crippen LogP contribution is 2.31. The highest BCUT2D eigenvalue weighted by molar-refractivity contribution is 5.81. The topological polar surface area (TPSA) is 40.6 Å². The van der Waals surface area contributed by atoms with Crippen LogP contribution >= 0.6 is 0 Å². The zero-order chi connectivity index (χ0) is 12.3. The van der Waals surface area contributed by atoms with Crippen molar-refractivity contribution < 1.29 is 9.59 Å². The Morgan fingerprint density at radius 2 is 1.65 bits per heavy atom. The molecular weight excluding hydrogens is 216 g/mol. The maximum absolute atomic E-state index is 11.8. The molecule has 4 nitrogen and oxygen atoms in total. The normalized spacial score (nSPS) is 20.5. The van der Waals surface area contributed by atoms with E-state index in [0.29, 0.717) is 18.2 Å². The van der Waals surface area contributed by atoms with E-state index < -0.39 is 0 Å². The minimum atomic E-state index is 0.255. The summed E-state index contributed by atoms with van der Waals surface area (Å²) < 4.78 is 0. The number of hydrogen-bond acceptors (Lipinski definition) is 2. The van der Waals surface area contributed by atoms with Crippen LogP contribution in [0.1, 0.15) is 39.0 Å². The molecule has 0 unspecified atom stereocenters. The van der Waals surface area contributed by atoms with Gasteiger partial charge in [0.1, 0.15) is 0 Å². The first-order valence-electron chi connectivity index (χ1n) is 6.79. The van der Waals surface area contributed by atoms with Crippen LogP contribution in [-0.4, -0.2) is 47.8 Å². The van der Waals surface area contributed by atoms with Crippen LogP contribution in [0.15, 0.2) is 0 Å². The van der Waals surface area contributed by atoms with Crippen LogP contribution in [0.3, 0.4) is 0 Å². The predicted octanol–water partition coefficient (Wildman–Crippen LogP) is 1.26. The number of amides is 2. The van der Waals surface area contributed by atoms with Crippen molar-refractivity contribution in [2.75, 3.05) is 26.2 Å². The second-order valence-electron chi connectivity index (χ2n) is 5.08. The third-order valence-electron chi connectivity index (χ3n) is 3.61. The molecule has 0 atom stereocenters. The van der Waals surface area contributed by atoms with Crippen LogP contribution in [-0.2, 0) is 9.59 Å². The molecule has 96 valence electrons. The Morgan fingerprint density at radius 3 is 2.18 bits per heavy atom. The van der Waals surface area contributed by atoms with Gasteiger partial charge >= 0.3 is 0 Å². The number of hydrogen-bond donors (Lipinski definition) is 0. The standard InChI is InChI=1S/C13H22N2O2/c1-2-3-4-12(16)14-7-9-15(10-8-14)13(17)11-5-6-11/h11H,2-10H2,1H3. The molecule has 1 aliphatic carbocycles. The van der Waals surface area contributed by atoms with Crippen molar-refractivity contribution in [3.63, 3.8) is 0 Å². The Bertz CT molecular complexity index is 292. The minimum Gasteiger partial charge on any atom is -0.339 e. The van der Waals surface area contributed by atoms with Gasteiger partial charge in [-0.2, -0.15) is 0 Å². The molecule has 0 aromatic rings. The van der Waals surface area contributed by atoms with E-state index in [1.165, 1.54) is 0 Å². The van der Waals surface area contributed by atoms with E-state index in [1.54, 1.807) is 0 Å². The molecule has 1 aliphatic heterocycles. The summed E-state index contributed by atoms with van der Waals surface area (Å²) in [6.45, 7) is 5.00. The van der Waals surface area contributed by atoms with E-state index >= 15 is 0 Å². The van der Waals surface area contributed by atoms with E-state index in [2.05, 4.69) is 6.92 Å². The molecule has 0 aromatic heterocycles. The molecule has 2 aliphatic rings. The molecule has 0 spiro atoms. The van der Waals surface area contributed by atoms with Gasteiger partial charge in [0.05, 0.1) is 0 Å². The van der Waals surface area contributed by atoms with Crippen molar-refractivity contribution >= 4 is 11.8 Å². The van der Waals surface area contributed by atoms with Gasteiger partial charge < -0.3 is 9.80 Å². The Morgan fingerprint density at radius 1 is 1.06 bits per heavy atom. The fraction of sp³-hybridized carbons (Fsp3) is 0.846. The lowest BCUT2D eigenvalue weighted by atomic mass is 10.2. The van der Waals surface area contributed by atoms with Crippen molar-refractivity contribution in [2.45, 2.75) is 39.0 Å². The molecule has 2 amide bonds. The molecule has 0 N–H and O–H groups in total. The number of rotatable bonds is 4. The number of nitrogens with zero attached hydrogens (tertiary/aromatic N) is 2. The summed E-state index contributed by atoms with van der Waals surface area (Å²) in [4.78, 5) is 27.5. The van der Waals surface area contributed by atoms with Gasteiger partial charge in [0.25, 0.3) is 0 Å². The van der Waals surface area contributed by atoms with Crippen LogP contribution in [0.5, 0.6) is 0 Å². The smallest absolute Gasteiger partial charge is 0.225 e. The van der Waals surface area contributed by atoms with Crippen LogP contribution in [0.2, 0.25) is 0 Å². The largest absolute Gasteiger partial charge is 0.339 e. The highest BCUT2D eigenvalue weighted by atomic mass is 16.2. The summed E-state index contributed by atoms with van der Waals surface area (Å²) >= 11 is 0. The first-order valence-corrected chi connectivity index (χ1v) is 6.79. The fourth-order valence-corrected chi connectivity index (χ4v) is 2.25. The molecule has 2 fully saturated rings. The second-order valence-corrected chi connectivity index (χ2v) is 5.08. The predicted molar refractivity (Wildman–Crippen MR) is 65.4 cm³/mol. The Balaban J connectivity index is 1.73. The molecule has 1 saturated carbocycles. The molecule has 2 rings (SSSR count). The Hall–Kier alpha value is -1.06. The van der Waals surface area contributed by atoms with E-state index in [9.17, 15) is 9.59 Å². The van der Waals surface area contributed by atoms with Gasteiger partial charge in [0.15, 0.2) is 0 Å². The van der Waals surface area contributed by atoms with Crippen molar-refractivity contribution in [1.29, 1.82) is 0 Å². The number of piperazine rings is 1. The molecule has 17 heavy (non-hydrogen) atoms. The van der Waals surface area contributed by atoms with Crippen molar-refractivity contribution in [1.82, 2.24) is 9.80 Å². The van der Waals surface area contributed by atoms with Gasteiger partial charge in [0, 0.05) is 38.5 Å². The average molecular weight is 238 g/mol. The van der Waals surface area contributed by atoms with Gasteiger partial charge in [-0.25, -0.2) is 0 Å². The quantitative estimate of drug-likeness (QED) is 0.739. The summed E-state index contributed by atoms with van der Waals surface area (Å²) in [5, 5.41) is 0. The second kappa shape index (κ2) is 5.52. The van der Waals surface area contributed by atoms with Crippen LogP contribution < -0.4 is 0 Å². The van der Waals surface area contributed by atoms with Crippen molar-refractivity contribution in [3.05, 3.63) is 0 Å². The maximum Gasteiger partial charge on any atom is 0.225 e. The van der Waals surface area contributed by atoms with Gasteiger partial charge in [-0.1, -0.05) is 13.3 Å². The molecule has 0 bridgehead atoms. The zero-order valence-corrected chi connectivity index (χ0v) is 10.7. The summed E-state index contributed by atoms with van der Waals surface area (Å²) in [7, 11) is 0. The molecule has 1 saturated heterocycles. The van der Waals surface area contributed by atoms with E-state index in [4.69, 9.17) is 0 Å². The third-order valence-corrected chi connectivity index (χ3v) is 3.61. The summed E-state index contributed by atoms with van der Waals surface area (Å²) in [6, 6.07) is 0. The van der Waals surface area contributed by atoms with E-state index in [1.807, 2.05) is 9.80 Å². The Labute approximate surface area is 103 Å². The Kier molecular flexibility index (Phi) is 4.02. The SMILES string of the molecule is CCCCC(=O)N1CCN(C(=O)C2CC2)CC1. The lowest BCUT2D eigenvalue weighted by Crippen LogP contribution is -2.51. The highest BCUT2D eigenvalue weighted by Gasteiger charge is 2.34. The van der Waals surface area contributed by atoms with Gasteiger partial charge in [-0.05, 0) is 19.3 Å². The number of unbranched alkanes of at least 4 members (excludes halogenated alkanes) is 1. The van der Waals surface area contributed by atoms with Crippen LogP contribution in [0.4, 0.5) is 0 Å². The van der Waals surface area contributed by atoms with Crippen LogP contribution in [0, 0.1) is 5.92 Å². The van der Waals surface area contributed by atoms with E-state index in [0.717, 1.165) is 51.9 Å². The lowest BCUT2D eigenvalue weighted by Gasteiger charge is -2.35. The summed E-state index contributed by atoms with van der Waals surface area (Å²) in [5.74, 6) is 0.869. The number of carbonyl (C=O) groups is 2. The van der Waals surface area contributed by atoms with Crippen molar-refractivity contribution in [3.8, 4) is 0 Å². The lowest BCUT2D eigenvalue weighted by molar-refractivity contribution is -0.140. The van der Waals surface area contributed by atoms with Gasteiger partial charge in [0.2, 0.25) is 11.8 Å². The third kappa shape index (κ3) is 3.20. The van der Waals surface area contributed by atoms with E-state index in [-0.39, 0.29) is 5.91 Å². The van der Waals surface area contributed by atoms with Crippen LogP contribution in [0.25, 0.3) is 0 Å². The number of carbonyl (C=O) groups excluding carboxylic acids is 2. The first-order chi connectivity index (χ1) is 8.22. The zero-order valence-electron chi connectivity index (χ0n) is 10.7. The van der Waals surface area contributed by atoms with Gasteiger partial charge in [-0.3, -0.25) is 9.59 Å². The molecule has 1 heterocycles. The maximum atomic E-state index is 11.8. The molecule has 0 aromatic carbocycles. The first kappa shape index (κ1) is 12.4. The van der Waals surface area contributed by atoms with Gasteiger partial charge in [-0.15, -0.1) is 0 Å². The molecule has 0 radical (unpaired) electrons. The van der Waals surface area contributed by atoms with Crippen molar-refractivity contribution in [2.24, 2.45) is 5.92 Å². The summed E-state index contributed by atoms with van der Waals surface area (Å²) in [6.07, 6.45) is 4.82. The fourth-order valence-electron chi connectivity index (χ4n) is 2.25.